The first kappa shape index (κ1) is 13.1. The second-order valence-corrected chi connectivity index (χ2v) is 6.07. The first-order chi connectivity index (χ1) is 10.7. The van der Waals surface area contributed by atoms with Crippen molar-refractivity contribution >= 4 is 11.6 Å². The van der Waals surface area contributed by atoms with Crippen LogP contribution < -0.4 is 0 Å². The Hall–Kier alpha value is -2.60. The zero-order chi connectivity index (χ0) is 15.1. The van der Waals surface area contributed by atoms with Crippen LogP contribution in [-0.4, -0.2) is 0 Å². The molecule has 0 N–H and O–H groups in total. The van der Waals surface area contributed by atoms with Crippen LogP contribution in [0.5, 0.6) is 0 Å². The van der Waals surface area contributed by atoms with Crippen molar-refractivity contribution in [1.29, 1.82) is 0 Å². The lowest BCUT2D eigenvalue weighted by Gasteiger charge is -2.05. The molecule has 1 aliphatic rings. The van der Waals surface area contributed by atoms with Gasteiger partial charge in [-0.25, -0.2) is 0 Å². The van der Waals surface area contributed by atoms with E-state index in [0.717, 1.165) is 0 Å². The van der Waals surface area contributed by atoms with E-state index in [1.807, 2.05) is 0 Å². The average Bonchev–Trinajstić information content (AvgIpc) is 2.81. The molecule has 0 heterocycles. The van der Waals surface area contributed by atoms with Crippen LogP contribution in [0.4, 0.5) is 0 Å². The third-order valence-corrected chi connectivity index (χ3v) is 4.33. The molecule has 3 aromatic carbocycles. The Morgan fingerprint density at radius 1 is 0.591 bits per heavy atom. The fraction of sp³-hybridized carbons (Fsp3) is 0.0909. The Labute approximate surface area is 131 Å². The third kappa shape index (κ3) is 2.08. The molecule has 0 radical (unpaired) electrons. The van der Waals surface area contributed by atoms with Gasteiger partial charge in [-0.2, -0.15) is 0 Å². The fourth-order valence-electron chi connectivity index (χ4n) is 3.25. The van der Waals surface area contributed by atoms with Gasteiger partial charge < -0.3 is 0 Å². The van der Waals surface area contributed by atoms with Crippen LogP contribution >= 0.6 is 0 Å². The summed E-state index contributed by atoms with van der Waals surface area (Å²) in [7, 11) is 0. The largest absolute Gasteiger partial charge is 0.0622 e. The minimum atomic E-state index is 1.25. The summed E-state index contributed by atoms with van der Waals surface area (Å²) < 4.78 is 0. The summed E-state index contributed by atoms with van der Waals surface area (Å²) >= 11 is 0. The second kappa shape index (κ2) is 4.99. The molecule has 1 aliphatic carbocycles. The van der Waals surface area contributed by atoms with Crippen LogP contribution in [0, 0.1) is 13.8 Å². The van der Waals surface area contributed by atoms with E-state index < -0.39 is 0 Å². The molecule has 0 aliphatic heterocycles. The lowest BCUT2D eigenvalue weighted by Crippen LogP contribution is -1.84. The first-order valence-corrected chi connectivity index (χ1v) is 7.71. The topological polar surface area (TPSA) is 0 Å². The van der Waals surface area contributed by atoms with Gasteiger partial charge in [-0.15, -0.1) is 0 Å². The van der Waals surface area contributed by atoms with Crippen LogP contribution in [0.15, 0.2) is 66.7 Å². The van der Waals surface area contributed by atoms with Crippen LogP contribution in [0.3, 0.4) is 0 Å². The molecule has 0 unspecified atom stereocenters. The fourth-order valence-corrected chi connectivity index (χ4v) is 3.25. The molecule has 0 bridgehead atoms. The number of rotatable bonds is 1. The number of benzene rings is 3. The number of hydrogen-bond donors (Lipinski definition) is 0. The summed E-state index contributed by atoms with van der Waals surface area (Å²) in [5.74, 6) is 0. The molecular weight excluding hydrogens is 264 g/mol. The normalized spacial score (nSPS) is 12.0. The van der Waals surface area contributed by atoms with Crippen LogP contribution in [-0.2, 0) is 0 Å². The maximum Gasteiger partial charge on any atom is -0.00928 e. The van der Waals surface area contributed by atoms with Gasteiger partial charge in [0.05, 0.1) is 0 Å². The Bertz CT molecular complexity index is 830. The average molecular weight is 282 g/mol. The lowest BCUT2D eigenvalue weighted by molar-refractivity contribution is 1.46. The van der Waals surface area contributed by atoms with E-state index in [1.165, 1.54) is 44.5 Å². The second-order valence-electron chi connectivity index (χ2n) is 6.07. The highest BCUT2D eigenvalue weighted by Gasteiger charge is 2.23. The number of aryl methyl sites for hydroxylation is 2. The van der Waals surface area contributed by atoms with Crippen molar-refractivity contribution in [2.75, 3.05) is 0 Å². The molecule has 106 valence electrons. The Morgan fingerprint density at radius 2 is 1.14 bits per heavy atom. The van der Waals surface area contributed by atoms with Gasteiger partial charge in [0, 0.05) is 0 Å². The smallest absolute Gasteiger partial charge is 0.00928 e. The summed E-state index contributed by atoms with van der Waals surface area (Å²) in [6.07, 6.45) is 2.31. The molecule has 0 nitrogen and oxygen atoms in total. The van der Waals surface area contributed by atoms with Gasteiger partial charge in [0.1, 0.15) is 0 Å². The van der Waals surface area contributed by atoms with Gasteiger partial charge in [0.15, 0.2) is 0 Å². The molecule has 0 fully saturated rings. The Morgan fingerprint density at radius 3 is 1.68 bits per heavy atom. The molecule has 22 heavy (non-hydrogen) atoms. The van der Waals surface area contributed by atoms with Crippen molar-refractivity contribution < 1.29 is 0 Å². The highest BCUT2D eigenvalue weighted by Crippen LogP contribution is 2.45. The van der Waals surface area contributed by atoms with Crippen LogP contribution in [0.2, 0.25) is 0 Å². The maximum absolute atomic E-state index is 2.31. The molecule has 4 rings (SSSR count). The summed E-state index contributed by atoms with van der Waals surface area (Å²) in [4.78, 5) is 0. The van der Waals surface area contributed by atoms with Gasteiger partial charge in [-0.3, -0.25) is 0 Å². The van der Waals surface area contributed by atoms with E-state index in [-0.39, 0.29) is 0 Å². The molecule has 0 saturated heterocycles. The van der Waals surface area contributed by atoms with Gasteiger partial charge in [0.25, 0.3) is 0 Å². The SMILES string of the molecule is Cc1ccc2c(c1)C(=Cc1ccccc1)c1cc(C)ccc1-2. The molecule has 3 aromatic rings. The minimum absolute atomic E-state index is 1.25. The minimum Gasteiger partial charge on any atom is -0.0622 e. The molecular formula is C22H18. The monoisotopic (exact) mass is 282 g/mol. The van der Waals surface area contributed by atoms with E-state index in [4.69, 9.17) is 0 Å². The molecule has 0 heteroatoms. The maximum atomic E-state index is 2.31. The van der Waals surface area contributed by atoms with Crippen molar-refractivity contribution in [3.63, 3.8) is 0 Å². The summed E-state index contributed by atoms with van der Waals surface area (Å²) in [5.41, 5.74) is 10.6. The predicted octanol–water partition coefficient (Wildman–Crippen LogP) is 5.87. The quantitative estimate of drug-likeness (QED) is 0.409. The van der Waals surface area contributed by atoms with Crippen LogP contribution in [0.1, 0.15) is 27.8 Å². The molecule has 0 amide bonds. The lowest BCUT2D eigenvalue weighted by atomic mass is 9.99. The van der Waals surface area contributed by atoms with Gasteiger partial charge in [0.2, 0.25) is 0 Å². The Balaban J connectivity index is 2.00. The van der Waals surface area contributed by atoms with Crippen LogP contribution in [0.25, 0.3) is 22.8 Å². The summed E-state index contributed by atoms with van der Waals surface area (Å²) in [5, 5.41) is 0. The van der Waals surface area contributed by atoms with Crippen molar-refractivity contribution in [3.05, 3.63) is 94.5 Å². The van der Waals surface area contributed by atoms with Crippen molar-refractivity contribution in [2.24, 2.45) is 0 Å². The standard InChI is InChI=1S/C22H18/c1-15-8-10-18-19-11-9-16(2)13-21(19)22(20(18)12-15)14-17-6-4-3-5-7-17/h3-14H,1-2H3. The zero-order valence-electron chi connectivity index (χ0n) is 12.9. The van der Waals surface area contributed by atoms with Gasteiger partial charge >= 0.3 is 0 Å². The Kier molecular flexibility index (Phi) is 2.97. The predicted molar refractivity (Wildman–Crippen MR) is 94.8 cm³/mol. The van der Waals surface area contributed by atoms with Crippen molar-refractivity contribution in [3.8, 4) is 11.1 Å². The summed E-state index contributed by atoms with van der Waals surface area (Å²) in [6, 6.07) is 24.1. The van der Waals surface area contributed by atoms with Gasteiger partial charge in [-0.05, 0) is 53.3 Å². The van der Waals surface area contributed by atoms with E-state index in [9.17, 15) is 0 Å². The van der Waals surface area contributed by atoms with E-state index >= 15 is 0 Å². The van der Waals surface area contributed by atoms with E-state index in [2.05, 4.69) is 86.7 Å². The zero-order valence-corrected chi connectivity index (χ0v) is 12.9. The molecule has 0 saturated carbocycles. The van der Waals surface area contributed by atoms with E-state index in [0.29, 0.717) is 0 Å². The summed E-state index contributed by atoms with van der Waals surface area (Å²) in [6.45, 7) is 4.32. The highest BCUT2D eigenvalue weighted by atomic mass is 14.3. The molecule has 0 atom stereocenters. The third-order valence-electron chi connectivity index (χ3n) is 4.33. The van der Waals surface area contributed by atoms with Crippen molar-refractivity contribution in [2.45, 2.75) is 13.8 Å². The first-order valence-electron chi connectivity index (χ1n) is 7.71. The van der Waals surface area contributed by atoms with E-state index in [1.54, 1.807) is 0 Å². The number of hydrogen-bond acceptors (Lipinski definition) is 0. The number of fused-ring (bicyclic) bond motifs is 3. The highest BCUT2D eigenvalue weighted by molar-refractivity contribution is 6.06. The molecule has 0 spiro atoms. The molecule has 0 aromatic heterocycles. The van der Waals surface area contributed by atoms with Crippen molar-refractivity contribution in [1.82, 2.24) is 0 Å². The van der Waals surface area contributed by atoms with Gasteiger partial charge in [-0.1, -0.05) is 77.9 Å².